The zero-order chi connectivity index (χ0) is 10.1. The van der Waals surface area contributed by atoms with Crippen molar-refractivity contribution in [3.05, 3.63) is 35.4 Å². The summed E-state index contributed by atoms with van der Waals surface area (Å²) in [5.74, 6) is -0.185. The Morgan fingerprint density at radius 3 is 2.86 bits per heavy atom. The van der Waals surface area contributed by atoms with Crippen LogP contribution in [0.4, 0.5) is 0 Å². The lowest BCUT2D eigenvalue weighted by atomic mass is 10.0. The largest absolute Gasteiger partial charge is 0.340 e. The topological polar surface area (TPSA) is 44.2 Å². The molecule has 1 N–H and O–H groups in total. The molecule has 0 aromatic heterocycles. The van der Waals surface area contributed by atoms with Gasteiger partial charge in [0.05, 0.1) is 0 Å². The second-order valence-corrected chi connectivity index (χ2v) is 3.51. The molecule has 3 heteroatoms. The number of nitrogens with one attached hydrogen (secondary N) is 1. The first-order chi connectivity index (χ1) is 6.70. The van der Waals surface area contributed by atoms with E-state index in [1.54, 1.807) is 11.9 Å². The van der Waals surface area contributed by atoms with Crippen LogP contribution in [0.25, 0.3) is 0 Å². The van der Waals surface area contributed by atoms with Gasteiger partial charge in [0, 0.05) is 19.2 Å². The number of fused-ring (bicyclic) bond motifs is 1. The van der Waals surface area contributed by atoms with Crippen molar-refractivity contribution in [3.63, 3.8) is 0 Å². The maximum atomic E-state index is 11.6. The second kappa shape index (κ2) is 3.25. The van der Waals surface area contributed by atoms with Crippen LogP contribution in [0.15, 0.2) is 24.3 Å². The summed E-state index contributed by atoms with van der Waals surface area (Å²) in [5.41, 5.74) is 1.98. The van der Waals surface area contributed by atoms with E-state index in [0.717, 1.165) is 17.5 Å². The summed E-state index contributed by atoms with van der Waals surface area (Å²) in [4.78, 5) is 13.2. The molecule has 0 fully saturated rings. The number of amides is 1. The molecule has 0 atom stereocenters. The van der Waals surface area contributed by atoms with Crippen LogP contribution in [0, 0.1) is 5.41 Å². The normalized spacial score (nSPS) is 16.5. The van der Waals surface area contributed by atoms with Crippen LogP contribution >= 0.6 is 0 Å². The first-order valence-corrected chi connectivity index (χ1v) is 4.62. The molecule has 3 nitrogen and oxygen atoms in total. The van der Waals surface area contributed by atoms with Crippen molar-refractivity contribution in [1.82, 2.24) is 4.90 Å². The minimum atomic E-state index is -0.185. The Bertz CT molecular complexity index is 398. The van der Waals surface area contributed by atoms with Crippen molar-refractivity contribution in [2.24, 2.45) is 0 Å². The molecular formula is C11H12N2O. The molecule has 1 heterocycles. The standard InChI is InChI=1S/C11H12N2O/c1-13-7-6-8-4-2-3-5-9(8)10(12)11(13)14/h2-5,12H,6-7H2,1H3. The lowest BCUT2D eigenvalue weighted by Crippen LogP contribution is -2.32. The Morgan fingerprint density at radius 1 is 1.36 bits per heavy atom. The third kappa shape index (κ3) is 1.31. The average Bonchev–Trinajstić information content (AvgIpc) is 2.32. The molecule has 0 bridgehead atoms. The van der Waals surface area contributed by atoms with Gasteiger partial charge in [0.15, 0.2) is 0 Å². The van der Waals surface area contributed by atoms with Crippen LogP contribution in [-0.2, 0) is 11.2 Å². The molecule has 0 spiro atoms. The fourth-order valence-electron chi connectivity index (χ4n) is 1.68. The predicted octanol–water partition coefficient (Wildman–Crippen LogP) is 1.07. The van der Waals surface area contributed by atoms with Crippen molar-refractivity contribution in [1.29, 1.82) is 5.41 Å². The minimum Gasteiger partial charge on any atom is -0.340 e. The monoisotopic (exact) mass is 188 g/mol. The number of likely N-dealkylation sites (N-methyl/N-ethyl adjacent to an activating group) is 1. The van der Waals surface area contributed by atoms with Crippen LogP contribution in [0.1, 0.15) is 11.1 Å². The molecular weight excluding hydrogens is 176 g/mol. The van der Waals surface area contributed by atoms with Gasteiger partial charge in [-0.15, -0.1) is 0 Å². The molecule has 0 radical (unpaired) electrons. The first-order valence-electron chi connectivity index (χ1n) is 4.62. The van der Waals surface area contributed by atoms with E-state index >= 15 is 0 Å². The maximum absolute atomic E-state index is 11.6. The van der Waals surface area contributed by atoms with E-state index in [1.807, 2.05) is 24.3 Å². The number of rotatable bonds is 0. The smallest absolute Gasteiger partial charge is 0.272 e. The van der Waals surface area contributed by atoms with E-state index in [9.17, 15) is 4.79 Å². The summed E-state index contributed by atoms with van der Waals surface area (Å²) in [6, 6.07) is 7.64. The molecule has 2 rings (SSSR count). The quantitative estimate of drug-likeness (QED) is 0.650. The number of hydrogen-bond donors (Lipinski definition) is 1. The summed E-state index contributed by atoms with van der Waals surface area (Å²) in [5, 5.41) is 7.76. The summed E-state index contributed by atoms with van der Waals surface area (Å²) in [6.45, 7) is 0.693. The van der Waals surface area contributed by atoms with Crippen molar-refractivity contribution in [3.8, 4) is 0 Å². The third-order valence-corrected chi connectivity index (χ3v) is 2.56. The summed E-state index contributed by atoms with van der Waals surface area (Å²) < 4.78 is 0. The van der Waals surface area contributed by atoms with Gasteiger partial charge in [-0.1, -0.05) is 24.3 Å². The highest BCUT2D eigenvalue weighted by atomic mass is 16.2. The van der Waals surface area contributed by atoms with E-state index in [0.29, 0.717) is 6.54 Å². The highest BCUT2D eigenvalue weighted by Gasteiger charge is 2.22. The third-order valence-electron chi connectivity index (χ3n) is 2.56. The van der Waals surface area contributed by atoms with Gasteiger partial charge < -0.3 is 4.90 Å². The van der Waals surface area contributed by atoms with Gasteiger partial charge in [-0.05, 0) is 12.0 Å². The first kappa shape index (κ1) is 8.94. The van der Waals surface area contributed by atoms with Gasteiger partial charge in [-0.25, -0.2) is 0 Å². The van der Waals surface area contributed by atoms with Gasteiger partial charge in [0.25, 0.3) is 5.91 Å². The average molecular weight is 188 g/mol. The van der Waals surface area contributed by atoms with E-state index in [-0.39, 0.29) is 11.6 Å². The zero-order valence-corrected chi connectivity index (χ0v) is 8.08. The highest BCUT2D eigenvalue weighted by Crippen LogP contribution is 2.15. The van der Waals surface area contributed by atoms with Crippen LogP contribution in [-0.4, -0.2) is 30.1 Å². The second-order valence-electron chi connectivity index (χ2n) is 3.51. The Hall–Kier alpha value is -1.64. The van der Waals surface area contributed by atoms with Crippen molar-refractivity contribution in [2.75, 3.05) is 13.6 Å². The minimum absolute atomic E-state index is 0.112. The van der Waals surface area contributed by atoms with Crippen molar-refractivity contribution in [2.45, 2.75) is 6.42 Å². The highest BCUT2D eigenvalue weighted by molar-refractivity contribution is 6.44. The fraction of sp³-hybridized carbons (Fsp3) is 0.273. The van der Waals surface area contributed by atoms with Crippen molar-refractivity contribution >= 4 is 11.6 Å². The van der Waals surface area contributed by atoms with Gasteiger partial charge >= 0.3 is 0 Å². The molecule has 1 amide bonds. The van der Waals surface area contributed by atoms with Crippen LogP contribution in [0.2, 0.25) is 0 Å². The van der Waals surface area contributed by atoms with Gasteiger partial charge in [0.2, 0.25) is 0 Å². The number of hydrogen-bond acceptors (Lipinski definition) is 2. The Kier molecular flexibility index (Phi) is 2.08. The molecule has 0 saturated heterocycles. The Morgan fingerprint density at radius 2 is 2.07 bits per heavy atom. The molecule has 0 unspecified atom stereocenters. The molecule has 1 aromatic rings. The van der Waals surface area contributed by atoms with Gasteiger partial charge in [-0.3, -0.25) is 10.2 Å². The molecule has 14 heavy (non-hydrogen) atoms. The molecule has 1 aliphatic heterocycles. The lowest BCUT2D eigenvalue weighted by Gasteiger charge is -2.12. The molecule has 0 saturated carbocycles. The van der Waals surface area contributed by atoms with E-state index in [4.69, 9.17) is 5.41 Å². The van der Waals surface area contributed by atoms with Crippen LogP contribution in [0.5, 0.6) is 0 Å². The van der Waals surface area contributed by atoms with Gasteiger partial charge in [0.1, 0.15) is 5.71 Å². The fourth-order valence-corrected chi connectivity index (χ4v) is 1.68. The molecule has 0 aliphatic carbocycles. The van der Waals surface area contributed by atoms with E-state index in [2.05, 4.69) is 0 Å². The molecule has 1 aliphatic rings. The molecule has 1 aromatic carbocycles. The Balaban J connectivity index is 2.50. The predicted molar refractivity (Wildman–Crippen MR) is 54.6 cm³/mol. The molecule has 72 valence electrons. The van der Waals surface area contributed by atoms with Crippen LogP contribution in [0.3, 0.4) is 0 Å². The van der Waals surface area contributed by atoms with Gasteiger partial charge in [-0.2, -0.15) is 0 Å². The number of carbonyl (C=O) groups is 1. The van der Waals surface area contributed by atoms with E-state index < -0.39 is 0 Å². The lowest BCUT2D eigenvalue weighted by molar-refractivity contribution is -0.122. The zero-order valence-electron chi connectivity index (χ0n) is 8.08. The maximum Gasteiger partial charge on any atom is 0.272 e. The SMILES string of the molecule is CN1CCc2ccccc2C(=N)C1=O. The van der Waals surface area contributed by atoms with Crippen molar-refractivity contribution < 1.29 is 4.79 Å². The number of benzene rings is 1. The Labute approximate surface area is 82.9 Å². The van der Waals surface area contributed by atoms with Crippen LogP contribution < -0.4 is 0 Å². The summed E-state index contributed by atoms with van der Waals surface area (Å²) in [7, 11) is 1.74. The summed E-state index contributed by atoms with van der Waals surface area (Å²) >= 11 is 0. The summed E-state index contributed by atoms with van der Waals surface area (Å²) in [6.07, 6.45) is 0.834. The number of nitrogens with zero attached hydrogens (tertiary/aromatic N) is 1. The number of carbonyl (C=O) groups excluding carboxylic acids is 1. The van der Waals surface area contributed by atoms with E-state index in [1.165, 1.54) is 0 Å².